The first-order valence-corrected chi connectivity index (χ1v) is 4.97. The lowest BCUT2D eigenvalue weighted by atomic mass is 9.93. The van der Waals surface area contributed by atoms with Crippen molar-refractivity contribution in [2.24, 2.45) is 0 Å². The number of hydrogen-bond donors (Lipinski definition) is 3. The number of allylic oxidation sites excluding steroid dienone is 2. The van der Waals surface area contributed by atoms with Crippen molar-refractivity contribution in [1.82, 2.24) is 0 Å². The van der Waals surface area contributed by atoms with Gasteiger partial charge in [-0.05, 0) is 0 Å². The molecule has 0 aromatic heterocycles. The first-order chi connectivity index (χ1) is 6.90. The Morgan fingerprint density at radius 1 is 1.40 bits per heavy atom. The van der Waals surface area contributed by atoms with Crippen LogP contribution in [0.2, 0.25) is 0 Å². The van der Waals surface area contributed by atoms with Crippen LogP contribution in [0.25, 0.3) is 0 Å². The second kappa shape index (κ2) is 3.95. The fraction of sp³-hybridized carbons (Fsp3) is 0.250. The first-order valence-electron chi connectivity index (χ1n) is 3.86. The van der Waals surface area contributed by atoms with Gasteiger partial charge in [-0.2, -0.15) is 0 Å². The lowest BCUT2D eigenvalue weighted by molar-refractivity contribution is -0.138. The highest BCUT2D eigenvalue weighted by molar-refractivity contribution is 7.81. The fourth-order valence-electron chi connectivity index (χ4n) is 1.21. The van der Waals surface area contributed by atoms with Gasteiger partial charge in [-0.1, -0.05) is 18.2 Å². The molecule has 0 saturated heterocycles. The molecule has 0 aromatic carbocycles. The summed E-state index contributed by atoms with van der Waals surface area (Å²) in [5, 5.41) is 17.5. The molecular formula is C8H8O6S. The predicted octanol–water partition coefficient (Wildman–Crippen LogP) is 0.00240. The summed E-state index contributed by atoms with van der Waals surface area (Å²) < 4.78 is 17.8. The van der Waals surface area contributed by atoms with Gasteiger partial charge < -0.3 is 14.8 Å². The molecule has 0 amide bonds. The van der Waals surface area contributed by atoms with E-state index in [2.05, 4.69) is 0 Å². The highest BCUT2D eigenvalue weighted by Crippen LogP contribution is 2.28. The van der Waals surface area contributed by atoms with Crippen LogP contribution in [-0.2, 0) is 20.7 Å². The standard InChI is InChI=1S/C8H8O6S/c9-6(10)5-2-1-3-8(4-5,7(11)12)15(13)14/h1-3H,4H2,(H,9,10)(H,11,12)(H,13,14). The average Bonchev–Trinajstić information content (AvgIpc) is 2.17. The lowest BCUT2D eigenvalue weighted by Crippen LogP contribution is -2.43. The molecule has 1 aliphatic carbocycles. The third-order valence-electron chi connectivity index (χ3n) is 2.06. The number of carboxylic acid groups (broad SMARTS) is 2. The zero-order valence-electron chi connectivity index (χ0n) is 7.41. The highest BCUT2D eigenvalue weighted by Gasteiger charge is 2.45. The second-order valence-corrected chi connectivity index (χ2v) is 4.20. The van der Waals surface area contributed by atoms with E-state index < -0.39 is 34.2 Å². The molecule has 3 N–H and O–H groups in total. The van der Waals surface area contributed by atoms with Gasteiger partial charge in [0.25, 0.3) is 0 Å². The van der Waals surface area contributed by atoms with E-state index >= 15 is 0 Å². The topological polar surface area (TPSA) is 112 Å². The van der Waals surface area contributed by atoms with Crippen LogP contribution in [-0.4, -0.2) is 35.7 Å². The molecule has 15 heavy (non-hydrogen) atoms. The van der Waals surface area contributed by atoms with E-state index in [1.54, 1.807) is 0 Å². The maximum atomic E-state index is 10.9. The normalized spacial score (nSPS) is 26.9. The summed E-state index contributed by atoms with van der Waals surface area (Å²) >= 11 is -2.67. The first kappa shape index (κ1) is 11.6. The molecule has 7 heteroatoms. The predicted molar refractivity (Wildman–Crippen MR) is 50.6 cm³/mol. The van der Waals surface area contributed by atoms with Crippen molar-refractivity contribution in [1.29, 1.82) is 0 Å². The molecule has 1 rings (SSSR count). The van der Waals surface area contributed by atoms with Crippen LogP contribution >= 0.6 is 0 Å². The minimum absolute atomic E-state index is 0.206. The van der Waals surface area contributed by atoms with Gasteiger partial charge >= 0.3 is 11.9 Å². The van der Waals surface area contributed by atoms with Gasteiger partial charge in [0.05, 0.1) is 0 Å². The molecule has 0 heterocycles. The lowest BCUT2D eigenvalue weighted by Gasteiger charge is -2.24. The van der Waals surface area contributed by atoms with Crippen LogP contribution in [0.3, 0.4) is 0 Å². The zero-order valence-corrected chi connectivity index (χ0v) is 8.23. The Bertz CT molecular complexity index is 380. The summed E-state index contributed by atoms with van der Waals surface area (Å²) in [7, 11) is 0. The largest absolute Gasteiger partial charge is 0.480 e. The van der Waals surface area contributed by atoms with Gasteiger partial charge in [-0.15, -0.1) is 0 Å². The van der Waals surface area contributed by atoms with E-state index in [0.717, 1.165) is 12.2 Å². The minimum Gasteiger partial charge on any atom is -0.480 e. The number of hydrogen-bond acceptors (Lipinski definition) is 3. The highest BCUT2D eigenvalue weighted by atomic mass is 32.2. The Kier molecular flexibility index (Phi) is 3.06. The minimum atomic E-state index is -2.67. The van der Waals surface area contributed by atoms with E-state index in [9.17, 15) is 13.8 Å². The maximum absolute atomic E-state index is 10.9. The molecule has 0 aliphatic heterocycles. The van der Waals surface area contributed by atoms with Crippen molar-refractivity contribution in [2.45, 2.75) is 11.2 Å². The smallest absolute Gasteiger partial charge is 0.331 e. The Balaban J connectivity index is 3.14. The molecule has 6 nitrogen and oxygen atoms in total. The molecule has 0 saturated carbocycles. The molecule has 0 spiro atoms. The van der Waals surface area contributed by atoms with Crippen molar-refractivity contribution in [2.75, 3.05) is 0 Å². The van der Waals surface area contributed by atoms with Crippen LogP contribution in [0.1, 0.15) is 6.42 Å². The van der Waals surface area contributed by atoms with Crippen LogP contribution in [0, 0.1) is 0 Å². The molecule has 0 aromatic rings. The van der Waals surface area contributed by atoms with Gasteiger partial charge in [-0.25, -0.2) is 9.00 Å². The summed E-state index contributed by atoms with van der Waals surface area (Å²) in [5.74, 6) is -2.82. The van der Waals surface area contributed by atoms with E-state index in [1.807, 2.05) is 0 Å². The van der Waals surface area contributed by atoms with Crippen molar-refractivity contribution >= 4 is 23.0 Å². The number of carbonyl (C=O) groups is 2. The van der Waals surface area contributed by atoms with Crippen LogP contribution in [0.15, 0.2) is 23.8 Å². The third kappa shape index (κ3) is 1.97. The second-order valence-electron chi connectivity index (χ2n) is 2.98. The molecule has 82 valence electrons. The fourth-order valence-corrected chi connectivity index (χ4v) is 1.83. The molecule has 0 bridgehead atoms. The van der Waals surface area contributed by atoms with Gasteiger partial charge in [0.1, 0.15) is 0 Å². The van der Waals surface area contributed by atoms with E-state index in [1.165, 1.54) is 6.08 Å². The van der Waals surface area contributed by atoms with Gasteiger partial charge in [0.15, 0.2) is 15.8 Å². The Morgan fingerprint density at radius 3 is 2.40 bits per heavy atom. The van der Waals surface area contributed by atoms with Crippen molar-refractivity contribution in [3.05, 3.63) is 23.8 Å². The molecule has 2 atom stereocenters. The van der Waals surface area contributed by atoms with Crippen LogP contribution < -0.4 is 0 Å². The summed E-state index contributed by atoms with van der Waals surface area (Å²) in [6, 6.07) is 0. The van der Waals surface area contributed by atoms with Crippen molar-refractivity contribution in [3.63, 3.8) is 0 Å². The van der Waals surface area contributed by atoms with E-state index in [0.29, 0.717) is 0 Å². The number of carboxylic acids is 2. The molecular weight excluding hydrogens is 224 g/mol. The van der Waals surface area contributed by atoms with Crippen LogP contribution in [0.4, 0.5) is 0 Å². The summed E-state index contributed by atoms with van der Waals surface area (Å²) in [6.45, 7) is 0. The molecule has 0 fully saturated rings. The van der Waals surface area contributed by atoms with Gasteiger partial charge in [-0.3, -0.25) is 4.79 Å². The maximum Gasteiger partial charge on any atom is 0.331 e. The Hall–Kier alpha value is -1.47. The SMILES string of the molecule is O=C(O)C1=CC=CC(C(=O)O)(S(=O)O)C1. The monoisotopic (exact) mass is 232 g/mol. The van der Waals surface area contributed by atoms with Crippen LogP contribution in [0.5, 0.6) is 0 Å². The average molecular weight is 232 g/mol. The van der Waals surface area contributed by atoms with E-state index in [4.69, 9.17) is 14.8 Å². The summed E-state index contributed by atoms with van der Waals surface area (Å²) in [6.07, 6.45) is 2.89. The molecule has 2 unspecified atom stereocenters. The summed E-state index contributed by atoms with van der Waals surface area (Å²) in [5.41, 5.74) is -0.206. The van der Waals surface area contributed by atoms with Crippen molar-refractivity contribution in [3.8, 4) is 0 Å². The van der Waals surface area contributed by atoms with E-state index in [-0.39, 0.29) is 5.57 Å². The molecule has 0 radical (unpaired) electrons. The molecule has 1 aliphatic rings. The number of aliphatic carboxylic acids is 2. The Labute approximate surface area is 87.2 Å². The quantitative estimate of drug-likeness (QED) is 0.590. The van der Waals surface area contributed by atoms with Gasteiger partial charge in [0, 0.05) is 12.0 Å². The zero-order chi connectivity index (χ0) is 11.6. The Morgan fingerprint density at radius 2 is 2.00 bits per heavy atom. The van der Waals surface area contributed by atoms with Gasteiger partial charge in [0.2, 0.25) is 0 Å². The van der Waals surface area contributed by atoms with Crippen molar-refractivity contribution < 1.29 is 28.6 Å². The summed E-state index contributed by atoms with van der Waals surface area (Å²) in [4.78, 5) is 21.5. The third-order valence-corrected chi connectivity index (χ3v) is 3.14. The number of rotatable bonds is 3.